The van der Waals surface area contributed by atoms with E-state index in [9.17, 15) is 0 Å². The number of pyridine rings is 1. The summed E-state index contributed by atoms with van der Waals surface area (Å²) < 4.78 is 11.7. The van der Waals surface area contributed by atoms with Crippen LogP contribution in [0.5, 0.6) is 11.5 Å². The lowest BCUT2D eigenvalue weighted by Crippen LogP contribution is -2.34. The Hall–Kier alpha value is -0.960. The molecule has 0 radical (unpaired) electrons. The number of nitrogens with zero attached hydrogens (tertiary/aromatic N) is 1. The Balaban J connectivity index is 1.92. The van der Waals surface area contributed by atoms with Crippen molar-refractivity contribution < 1.29 is 9.47 Å². The topological polar surface area (TPSA) is 31.4 Å². The van der Waals surface area contributed by atoms with Gasteiger partial charge in [0.15, 0.2) is 11.5 Å². The summed E-state index contributed by atoms with van der Waals surface area (Å²) in [6, 6.07) is 1.87. The summed E-state index contributed by atoms with van der Waals surface area (Å²) >= 11 is 5.72. The lowest BCUT2D eigenvalue weighted by molar-refractivity contribution is -0.0717. The van der Waals surface area contributed by atoms with E-state index in [0.29, 0.717) is 5.88 Å². The van der Waals surface area contributed by atoms with Crippen molar-refractivity contribution in [2.45, 2.75) is 37.4 Å². The third kappa shape index (κ3) is 1.46. The molecule has 0 N–H and O–H groups in total. The summed E-state index contributed by atoms with van der Waals surface area (Å²) in [4.78, 5) is 4.19. The van der Waals surface area contributed by atoms with E-state index >= 15 is 0 Å². The van der Waals surface area contributed by atoms with Crippen molar-refractivity contribution in [1.29, 1.82) is 0 Å². The predicted molar refractivity (Wildman–Crippen MR) is 56.2 cm³/mol. The van der Waals surface area contributed by atoms with E-state index in [1.54, 1.807) is 6.20 Å². The molecule has 1 saturated carbocycles. The molecule has 3 rings (SSSR count). The summed E-state index contributed by atoms with van der Waals surface area (Å²) in [5.41, 5.74) is 0.828. The monoisotopic (exact) mass is 225 g/mol. The van der Waals surface area contributed by atoms with E-state index < -0.39 is 5.79 Å². The number of rotatable bonds is 1. The molecule has 4 heteroatoms. The van der Waals surface area contributed by atoms with Crippen LogP contribution in [0.3, 0.4) is 0 Å². The third-order valence-corrected chi connectivity index (χ3v) is 3.26. The van der Waals surface area contributed by atoms with Crippen molar-refractivity contribution in [3.63, 3.8) is 0 Å². The molecule has 0 bridgehead atoms. The summed E-state index contributed by atoms with van der Waals surface area (Å²) in [5, 5.41) is 0. The van der Waals surface area contributed by atoms with Gasteiger partial charge in [-0.1, -0.05) is 0 Å². The quantitative estimate of drug-likeness (QED) is 0.689. The number of halogens is 1. The number of ether oxygens (including phenoxy) is 2. The van der Waals surface area contributed by atoms with Crippen LogP contribution in [0.2, 0.25) is 0 Å². The van der Waals surface area contributed by atoms with Crippen molar-refractivity contribution >= 4 is 11.6 Å². The largest absolute Gasteiger partial charge is 0.448 e. The Morgan fingerprint density at radius 2 is 2.00 bits per heavy atom. The first-order valence-electron chi connectivity index (χ1n) is 5.24. The molecule has 1 aliphatic carbocycles. The van der Waals surface area contributed by atoms with Gasteiger partial charge in [0.05, 0.1) is 17.8 Å². The highest BCUT2D eigenvalue weighted by molar-refractivity contribution is 6.16. The zero-order valence-corrected chi connectivity index (χ0v) is 9.09. The lowest BCUT2D eigenvalue weighted by atomic mass is 10.2. The van der Waals surface area contributed by atoms with Gasteiger partial charge in [0.2, 0.25) is 0 Å². The molecule has 1 fully saturated rings. The van der Waals surface area contributed by atoms with Gasteiger partial charge in [0.25, 0.3) is 5.79 Å². The second kappa shape index (κ2) is 3.27. The molecule has 3 nitrogen and oxygen atoms in total. The van der Waals surface area contributed by atoms with Crippen molar-refractivity contribution in [3.05, 3.63) is 18.0 Å². The van der Waals surface area contributed by atoms with E-state index in [2.05, 4.69) is 4.98 Å². The average molecular weight is 226 g/mol. The SMILES string of the molecule is ClCc1cc2c(cn1)OC1(CCCC1)O2. The van der Waals surface area contributed by atoms with Crippen LogP contribution in [-0.2, 0) is 5.88 Å². The van der Waals surface area contributed by atoms with E-state index in [1.807, 2.05) is 6.07 Å². The zero-order chi connectivity index (χ0) is 10.3. The van der Waals surface area contributed by atoms with Crippen molar-refractivity contribution in [1.82, 2.24) is 4.98 Å². The fourth-order valence-electron chi connectivity index (χ4n) is 2.23. The lowest BCUT2D eigenvalue weighted by Gasteiger charge is -2.21. The van der Waals surface area contributed by atoms with Crippen molar-refractivity contribution in [3.8, 4) is 11.5 Å². The molecule has 80 valence electrons. The van der Waals surface area contributed by atoms with Gasteiger partial charge in [-0.3, -0.25) is 4.98 Å². The molecule has 1 aromatic heterocycles. The van der Waals surface area contributed by atoms with Crippen molar-refractivity contribution in [2.24, 2.45) is 0 Å². The van der Waals surface area contributed by atoms with Gasteiger partial charge in [0, 0.05) is 18.9 Å². The zero-order valence-electron chi connectivity index (χ0n) is 8.33. The first kappa shape index (κ1) is 9.28. The molecular weight excluding hydrogens is 214 g/mol. The Bertz CT molecular complexity index is 388. The van der Waals surface area contributed by atoms with E-state index in [-0.39, 0.29) is 0 Å². The molecule has 0 aromatic carbocycles. The number of hydrogen-bond acceptors (Lipinski definition) is 3. The van der Waals surface area contributed by atoms with E-state index in [1.165, 1.54) is 12.8 Å². The summed E-state index contributed by atoms with van der Waals surface area (Å²) in [7, 11) is 0. The maximum absolute atomic E-state index is 5.88. The molecule has 15 heavy (non-hydrogen) atoms. The maximum atomic E-state index is 5.88. The molecule has 2 heterocycles. The van der Waals surface area contributed by atoms with Gasteiger partial charge < -0.3 is 9.47 Å². The van der Waals surface area contributed by atoms with E-state index in [0.717, 1.165) is 30.0 Å². The molecule has 0 saturated heterocycles. The second-order valence-corrected chi connectivity index (χ2v) is 4.35. The number of alkyl halides is 1. The van der Waals surface area contributed by atoms with Crippen LogP contribution in [0.4, 0.5) is 0 Å². The number of hydrogen-bond donors (Lipinski definition) is 0. The standard InChI is InChI=1S/C11H12ClNO2/c12-6-8-5-9-10(7-13-8)15-11(14-9)3-1-2-4-11/h5,7H,1-4,6H2. The molecule has 1 aromatic rings. The highest BCUT2D eigenvalue weighted by Gasteiger charge is 2.44. The predicted octanol–water partition coefficient (Wildman–Crippen LogP) is 2.86. The molecule has 0 amide bonds. The number of aromatic nitrogens is 1. The van der Waals surface area contributed by atoms with Gasteiger partial charge in [-0.15, -0.1) is 11.6 Å². The maximum Gasteiger partial charge on any atom is 0.251 e. The third-order valence-electron chi connectivity index (χ3n) is 2.98. The van der Waals surface area contributed by atoms with Gasteiger partial charge in [0.1, 0.15) is 0 Å². The minimum absolute atomic E-state index is 0.394. The van der Waals surface area contributed by atoms with E-state index in [4.69, 9.17) is 21.1 Å². The fourth-order valence-corrected chi connectivity index (χ4v) is 2.38. The Morgan fingerprint density at radius 3 is 2.73 bits per heavy atom. The van der Waals surface area contributed by atoms with Crippen LogP contribution in [-0.4, -0.2) is 10.8 Å². The van der Waals surface area contributed by atoms with Crippen LogP contribution in [0.15, 0.2) is 12.3 Å². The van der Waals surface area contributed by atoms with Gasteiger partial charge in [-0.05, 0) is 12.8 Å². The highest BCUT2D eigenvalue weighted by atomic mass is 35.5. The smallest absolute Gasteiger partial charge is 0.251 e. The number of fused-ring (bicyclic) bond motifs is 1. The average Bonchev–Trinajstić information content (AvgIpc) is 2.84. The summed E-state index contributed by atoms with van der Waals surface area (Å²) in [6.07, 6.45) is 5.99. The highest BCUT2D eigenvalue weighted by Crippen LogP contribution is 2.46. The molecule has 2 aliphatic rings. The van der Waals surface area contributed by atoms with Crippen LogP contribution in [0, 0.1) is 0 Å². The molecule has 0 unspecified atom stereocenters. The minimum atomic E-state index is -0.394. The molecular formula is C11H12ClNO2. The second-order valence-electron chi connectivity index (χ2n) is 4.08. The summed E-state index contributed by atoms with van der Waals surface area (Å²) in [6.45, 7) is 0. The van der Waals surface area contributed by atoms with Crippen LogP contribution >= 0.6 is 11.6 Å². The Labute approximate surface area is 93.4 Å². The Morgan fingerprint density at radius 1 is 1.27 bits per heavy atom. The molecule has 0 atom stereocenters. The van der Waals surface area contributed by atoms with Crippen molar-refractivity contribution in [2.75, 3.05) is 0 Å². The van der Waals surface area contributed by atoms with Gasteiger partial charge in [-0.2, -0.15) is 0 Å². The van der Waals surface area contributed by atoms with Crippen LogP contribution in [0.1, 0.15) is 31.4 Å². The van der Waals surface area contributed by atoms with Crippen LogP contribution < -0.4 is 9.47 Å². The normalized spacial score (nSPS) is 21.1. The van der Waals surface area contributed by atoms with Crippen LogP contribution in [0.25, 0.3) is 0 Å². The minimum Gasteiger partial charge on any atom is -0.448 e. The summed E-state index contributed by atoms with van der Waals surface area (Å²) in [5.74, 6) is 1.56. The first-order valence-corrected chi connectivity index (χ1v) is 5.78. The first-order chi connectivity index (χ1) is 7.31. The fraction of sp³-hybridized carbons (Fsp3) is 0.545. The molecule has 1 spiro atoms. The van der Waals surface area contributed by atoms with Gasteiger partial charge >= 0.3 is 0 Å². The Kier molecular flexibility index (Phi) is 2.02. The molecule has 1 aliphatic heterocycles. The van der Waals surface area contributed by atoms with Gasteiger partial charge in [-0.25, -0.2) is 0 Å².